The molecule has 186 valence electrons. The van der Waals surface area contributed by atoms with Crippen LogP contribution in [0.4, 0.5) is 0 Å². The molecule has 4 N–H and O–H groups in total. The van der Waals surface area contributed by atoms with Crippen molar-refractivity contribution in [3.05, 3.63) is 0 Å². The zero-order valence-corrected chi connectivity index (χ0v) is 20.0. The number of rotatable bonds is 22. The van der Waals surface area contributed by atoms with Crippen LogP contribution >= 0.6 is 0 Å². The lowest BCUT2D eigenvalue weighted by Crippen LogP contribution is -2.02. The first-order chi connectivity index (χ1) is 14.9. The molecule has 0 radical (unpaired) electrons. The molecule has 0 saturated heterocycles. The summed E-state index contributed by atoms with van der Waals surface area (Å²) in [6, 6.07) is 0. The molecule has 0 rings (SSSR count). The number of aliphatic carboxylic acids is 2. The van der Waals surface area contributed by atoms with Crippen molar-refractivity contribution in [2.24, 2.45) is 0 Å². The van der Waals surface area contributed by atoms with Crippen LogP contribution in [0.1, 0.15) is 142 Å². The summed E-state index contributed by atoms with van der Waals surface area (Å²) in [7, 11) is 0. The van der Waals surface area contributed by atoms with E-state index in [1.807, 2.05) is 0 Å². The summed E-state index contributed by atoms with van der Waals surface area (Å²) in [5.41, 5.74) is 0. The number of aliphatic hydroxyl groups is 2. The van der Waals surface area contributed by atoms with Crippen LogP contribution in [0.5, 0.6) is 0 Å². The maximum atomic E-state index is 10.1. The third-order valence-electron chi connectivity index (χ3n) is 5.35. The van der Waals surface area contributed by atoms with Crippen molar-refractivity contribution in [3.8, 4) is 0 Å². The van der Waals surface area contributed by atoms with E-state index < -0.39 is 18.2 Å². The molecule has 0 aliphatic heterocycles. The second-order valence-corrected chi connectivity index (χ2v) is 8.57. The summed E-state index contributed by atoms with van der Waals surface area (Å²) in [5, 5.41) is 34.0. The van der Waals surface area contributed by atoms with Gasteiger partial charge in [0.15, 0.2) is 6.29 Å². The summed E-state index contributed by atoms with van der Waals surface area (Å²) in [6.45, 7) is 2.27. The van der Waals surface area contributed by atoms with Crippen LogP contribution < -0.4 is 0 Å². The fourth-order valence-electron chi connectivity index (χ4n) is 3.43. The van der Waals surface area contributed by atoms with Crippen LogP contribution in [0, 0.1) is 0 Å². The van der Waals surface area contributed by atoms with Gasteiger partial charge >= 0.3 is 11.9 Å². The molecule has 0 aromatic carbocycles. The lowest BCUT2D eigenvalue weighted by Gasteiger charge is -2.04. The van der Waals surface area contributed by atoms with E-state index in [4.69, 9.17) is 20.4 Å². The molecular formula is C25H50O6. The quantitative estimate of drug-likeness (QED) is 0.109. The second-order valence-electron chi connectivity index (χ2n) is 8.57. The Morgan fingerprint density at radius 1 is 0.516 bits per heavy atom. The normalized spacial score (nSPS) is 10.7. The summed E-state index contributed by atoms with van der Waals surface area (Å²) < 4.78 is 0. The fourth-order valence-corrected chi connectivity index (χ4v) is 3.43. The molecule has 0 aliphatic rings. The Hall–Kier alpha value is -1.14. The zero-order valence-electron chi connectivity index (χ0n) is 20.0. The van der Waals surface area contributed by atoms with Gasteiger partial charge in [0.05, 0.1) is 0 Å². The molecule has 6 nitrogen and oxygen atoms in total. The number of carbonyl (C=O) groups is 2. The largest absolute Gasteiger partial charge is 0.481 e. The number of hydrogen-bond donors (Lipinski definition) is 4. The molecule has 0 aromatic rings. The molecule has 0 atom stereocenters. The SMILES string of the molecule is CCCCCCCCCCCCCCCC(O)O.O=C(O)CCCCCCCC(=O)O. The van der Waals surface area contributed by atoms with E-state index in [2.05, 4.69) is 6.92 Å². The molecule has 0 aromatic heterocycles. The van der Waals surface area contributed by atoms with Gasteiger partial charge in [-0.15, -0.1) is 0 Å². The summed E-state index contributed by atoms with van der Waals surface area (Å²) in [4.78, 5) is 20.2. The third kappa shape index (κ3) is 36.6. The molecule has 6 heteroatoms. The van der Waals surface area contributed by atoms with Crippen LogP contribution in [0.25, 0.3) is 0 Å². The summed E-state index contributed by atoms with van der Waals surface area (Å²) >= 11 is 0. The van der Waals surface area contributed by atoms with Gasteiger partial charge in [0.25, 0.3) is 0 Å². The van der Waals surface area contributed by atoms with Gasteiger partial charge in [0.1, 0.15) is 0 Å². The zero-order chi connectivity index (χ0) is 23.6. The number of carboxylic acid groups (broad SMARTS) is 2. The molecule has 0 aliphatic carbocycles. The van der Waals surface area contributed by atoms with E-state index in [1.54, 1.807) is 0 Å². The van der Waals surface area contributed by atoms with Crippen LogP contribution in [0.15, 0.2) is 0 Å². The van der Waals surface area contributed by atoms with E-state index in [-0.39, 0.29) is 12.8 Å². The maximum Gasteiger partial charge on any atom is 0.303 e. The summed E-state index contributed by atoms with van der Waals surface area (Å²) in [6.07, 6.45) is 21.2. The second kappa shape index (κ2) is 26.9. The minimum atomic E-state index is -1.10. The molecule has 0 spiro atoms. The van der Waals surface area contributed by atoms with Crippen molar-refractivity contribution >= 4 is 11.9 Å². The van der Waals surface area contributed by atoms with Gasteiger partial charge in [-0.2, -0.15) is 0 Å². The third-order valence-corrected chi connectivity index (χ3v) is 5.35. The van der Waals surface area contributed by atoms with Crippen LogP contribution in [-0.4, -0.2) is 38.7 Å². The Kier molecular flexibility index (Phi) is 27.8. The number of unbranched alkanes of at least 4 members (excludes halogenated alkanes) is 16. The molecule has 31 heavy (non-hydrogen) atoms. The van der Waals surface area contributed by atoms with E-state index in [0.29, 0.717) is 19.3 Å². The van der Waals surface area contributed by atoms with Gasteiger partial charge in [-0.3, -0.25) is 9.59 Å². The highest BCUT2D eigenvalue weighted by molar-refractivity contribution is 5.66. The first-order valence-electron chi connectivity index (χ1n) is 12.7. The van der Waals surface area contributed by atoms with Gasteiger partial charge in [0.2, 0.25) is 0 Å². The standard InChI is InChI=1S/C16H34O2.C9H16O4/c1-2-3-4-5-6-7-8-9-10-11-12-13-14-15-16(17)18;10-8(11)6-4-2-1-3-5-7-9(12)13/h16-18H,2-15H2,1H3;1-7H2,(H,10,11)(H,12,13). The van der Waals surface area contributed by atoms with Crippen molar-refractivity contribution in [2.45, 2.75) is 148 Å². The molecule has 0 unspecified atom stereocenters. The van der Waals surface area contributed by atoms with Crippen LogP contribution in [0.3, 0.4) is 0 Å². The first-order valence-corrected chi connectivity index (χ1v) is 12.7. The minimum absolute atomic E-state index is 0.221. The minimum Gasteiger partial charge on any atom is -0.481 e. The fraction of sp³-hybridized carbons (Fsp3) is 0.920. The maximum absolute atomic E-state index is 10.1. The van der Waals surface area contributed by atoms with Gasteiger partial charge < -0.3 is 20.4 Å². The van der Waals surface area contributed by atoms with Crippen molar-refractivity contribution in [1.29, 1.82) is 0 Å². The van der Waals surface area contributed by atoms with E-state index in [0.717, 1.165) is 32.1 Å². The highest BCUT2D eigenvalue weighted by Crippen LogP contribution is 2.13. The first kappa shape index (κ1) is 32.0. The topological polar surface area (TPSA) is 115 Å². The highest BCUT2D eigenvalue weighted by Gasteiger charge is 1.99. The molecule has 0 fully saturated rings. The smallest absolute Gasteiger partial charge is 0.303 e. The number of hydrogen-bond acceptors (Lipinski definition) is 4. The van der Waals surface area contributed by atoms with E-state index in [1.165, 1.54) is 70.6 Å². The van der Waals surface area contributed by atoms with Crippen molar-refractivity contribution in [3.63, 3.8) is 0 Å². The van der Waals surface area contributed by atoms with Crippen LogP contribution in [-0.2, 0) is 9.59 Å². The van der Waals surface area contributed by atoms with Crippen molar-refractivity contribution < 1.29 is 30.0 Å². The van der Waals surface area contributed by atoms with Crippen LogP contribution in [0.2, 0.25) is 0 Å². The predicted molar refractivity (Wildman–Crippen MR) is 126 cm³/mol. The average Bonchev–Trinajstić information content (AvgIpc) is 2.70. The van der Waals surface area contributed by atoms with Gasteiger partial charge in [0, 0.05) is 12.8 Å². The lowest BCUT2D eigenvalue weighted by molar-refractivity contribution is -0.138. The number of aliphatic hydroxyl groups excluding tert-OH is 1. The Morgan fingerprint density at radius 3 is 1.10 bits per heavy atom. The Balaban J connectivity index is 0. The monoisotopic (exact) mass is 446 g/mol. The molecule has 0 amide bonds. The number of carboxylic acids is 2. The molecule has 0 bridgehead atoms. The van der Waals surface area contributed by atoms with Gasteiger partial charge in [-0.1, -0.05) is 103 Å². The Morgan fingerprint density at radius 2 is 0.806 bits per heavy atom. The Bertz CT molecular complexity index is 366. The molecular weight excluding hydrogens is 396 g/mol. The van der Waals surface area contributed by atoms with E-state index >= 15 is 0 Å². The lowest BCUT2D eigenvalue weighted by atomic mass is 10.0. The predicted octanol–water partition coefficient (Wildman–Crippen LogP) is 6.66. The van der Waals surface area contributed by atoms with Crippen molar-refractivity contribution in [2.75, 3.05) is 0 Å². The Labute approximate surface area is 190 Å². The van der Waals surface area contributed by atoms with Crippen molar-refractivity contribution in [1.82, 2.24) is 0 Å². The highest BCUT2D eigenvalue weighted by atomic mass is 16.5. The molecule has 0 heterocycles. The van der Waals surface area contributed by atoms with Gasteiger partial charge in [-0.05, 0) is 25.7 Å². The van der Waals surface area contributed by atoms with E-state index in [9.17, 15) is 9.59 Å². The molecule has 0 saturated carbocycles. The summed E-state index contributed by atoms with van der Waals surface area (Å²) in [5.74, 6) is -1.52. The van der Waals surface area contributed by atoms with Gasteiger partial charge in [-0.25, -0.2) is 0 Å². The average molecular weight is 447 g/mol.